The van der Waals surface area contributed by atoms with Gasteiger partial charge in [-0.3, -0.25) is 10.1 Å². The molecule has 0 bridgehead atoms. The SMILES string of the molecule is N[C@H]1CCN(C(=O)C2CSCN2)C1. The number of thioether (sulfide) groups is 1. The topological polar surface area (TPSA) is 58.4 Å². The number of likely N-dealkylation sites (tertiary alicyclic amines) is 1. The van der Waals surface area contributed by atoms with Crippen LogP contribution in [0, 0.1) is 0 Å². The molecule has 2 rings (SSSR count). The molecular weight excluding hydrogens is 186 g/mol. The van der Waals surface area contributed by atoms with Crippen LogP contribution in [0.1, 0.15) is 6.42 Å². The Balaban J connectivity index is 1.89. The van der Waals surface area contributed by atoms with E-state index in [1.165, 1.54) is 0 Å². The molecule has 2 aliphatic heterocycles. The predicted octanol–water partition coefficient (Wildman–Crippen LogP) is -0.791. The smallest absolute Gasteiger partial charge is 0.240 e. The van der Waals surface area contributed by atoms with Gasteiger partial charge in [-0.05, 0) is 6.42 Å². The van der Waals surface area contributed by atoms with Gasteiger partial charge in [0.25, 0.3) is 0 Å². The summed E-state index contributed by atoms with van der Waals surface area (Å²) in [5, 5.41) is 3.18. The number of nitrogens with two attached hydrogens (primary N) is 1. The Hall–Kier alpha value is -0.260. The maximum absolute atomic E-state index is 11.8. The van der Waals surface area contributed by atoms with E-state index >= 15 is 0 Å². The highest BCUT2D eigenvalue weighted by molar-refractivity contribution is 7.99. The Kier molecular flexibility index (Phi) is 2.76. The maximum Gasteiger partial charge on any atom is 0.240 e. The van der Waals surface area contributed by atoms with Crippen molar-refractivity contribution in [3.63, 3.8) is 0 Å². The zero-order valence-corrected chi connectivity index (χ0v) is 8.35. The van der Waals surface area contributed by atoms with Gasteiger partial charge in [0, 0.05) is 30.8 Å². The molecule has 1 unspecified atom stereocenters. The molecule has 13 heavy (non-hydrogen) atoms. The minimum Gasteiger partial charge on any atom is -0.340 e. The molecule has 0 aliphatic carbocycles. The highest BCUT2D eigenvalue weighted by atomic mass is 32.2. The van der Waals surface area contributed by atoms with Crippen molar-refractivity contribution in [2.24, 2.45) is 5.73 Å². The standard InChI is InChI=1S/C8H15N3OS/c9-6-1-2-11(3-6)8(12)7-4-13-5-10-7/h6-7,10H,1-5,9H2/t6-,7?/m0/s1. The van der Waals surface area contributed by atoms with Gasteiger partial charge in [-0.2, -0.15) is 0 Å². The molecule has 4 nitrogen and oxygen atoms in total. The number of nitrogens with zero attached hydrogens (tertiary/aromatic N) is 1. The highest BCUT2D eigenvalue weighted by Gasteiger charge is 2.30. The minimum atomic E-state index is 0.0373. The van der Waals surface area contributed by atoms with Crippen LogP contribution in [-0.4, -0.2) is 47.6 Å². The number of carbonyl (C=O) groups is 1. The van der Waals surface area contributed by atoms with E-state index < -0.39 is 0 Å². The Morgan fingerprint density at radius 1 is 1.62 bits per heavy atom. The van der Waals surface area contributed by atoms with Gasteiger partial charge in [-0.15, -0.1) is 11.8 Å². The van der Waals surface area contributed by atoms with Crippen molar-refractivity contribution in [3.8, 4) is 0 Å². The van der Waals surface area contributed by atoms with Crippen LogP contribution in [0.3, 0.4) is 0 Å². The van der Waals surface area contributed by atoms with Gasteiger partial charge < -0.3 is 10.6 Å². The lowest BCUT2D eigenvalue weighted by Crippen LogP contribution is -2.44. The molecule has 2 heterocycles. The van der Waals surface area contributed by atoms with Crippen LogP contribution in [0.4, 0.5) is 0 Å². The first-order chi connectivity index (χ1) is 6.27. The number of nitrogens with one attached hydrogen (secondary N) is 1. The van der Waals surface area contributed by atoms with Gasteiger partial charge >= 0.3 is 0 Å². The van der Waals surface area contributed by atoms with Crippen molar-refractivity contribution in [3.05, 3.63) is 0 Å². The van der Waals surface area contributed by atoms with E-state index in [4.69, 9.17) is 5.73 Å². The molecule has 0 aromatic carbocycles. The van der Waals surface area contributed by atoms with E-state index in [0.29, 0.717) is 0 Å². The van der Waals surface area contributed by atoms with Crippen LogP contribution in [-0.2, 0) is 4.79 Å². The summed E-state index contributed by atoms with van der Waals surface area (Å²) >= 11 is 1.78. The first-order valence-electron chi connectivity index (χ1n) is 4.63. The lowest BCUT2D eigenvalue weighted by molar-refractivity contribution is -0.131. The first-order valence-corrected chi connectivity index (χ1v) is 5.78. The Morgan fingerprint density at radius 2 is 2.46 bits per heavy atom. The zero-order valence-electron chi connectivity index (χ0n) is 7.53. The maximum atomic E-state index is 11.8. The molecule has 5 heteroatoms. The summed E-state index contributed by atoms with van der Waals surface area (Å²) in [6.45, 7) is 1.57. The van der Waals surface area contributed by atoms with Crippen molar-refractivity contribution >= 4 is 17.7 Å². The minimum absolute atomic E-state index is 0.0373. The van der Waals surface area contributed by atoms with Gasteiger partial charge in [0.2, 0.25) is 5.91 Å². The van der Waals surface area contributed by atoms with Crippen LogP contribution in [0.15, 0.2) is 0 Å². The number of rotatable bonds is 1. The fourth-order valence-electron chi connectivity index (χ4n) is 1.76. The van der Waals surface area contributed by atoms with E-state index in [1.807, 2.05) is 4.90 Å². The van der Waals surface area contributed by atoms with Crippen LogP contribution in [0.2, 0.25) is 0 Å². The molecule has 0 aromatic rings. The van der Waals surface area contributed by atoms with Gasteiger partial charge in [-0.1, -0.05) is 0 Å². The van der Waals surface area contributed by atoms with E-state index in [0.717, 1.165) is 31.1 Å². The normalized spacial score (nSPS) is 34.1. The van der Waals surface area contributed by atoms with E-state index in [2.05, 4.69) is 5.32 Å². The lowest BCUT2D eigenvalue weighted by Gasteiger charge is -2.19. The monoisotopic (exact) mass is 201 g/mol. The molecular formula is C8H15N3OS. The third-order valence-corrected chi connectivity index (χ3v) is 3.49. The summed E-state index contributed by atoms with van der Waals surface area (Å²) in [6, 6.07) is 0.230. The Labute approximate surface area is 82.2 Å². The number of amides is 1. The molecule has 2 fully saturated rings. The summed E-state index contributed by atoms with van der Waals surface area (Å²) in [5.74, 6) is 2.04. The summed E-state index contributed by atoms with van der Waals surface area (Å²) in [6.07, 6.45) is 0.950. The molecule has 2 saturated heterocycles. The largest absolute Gasteiger partial charge is 0.340 e. The molecule has 0 spiro atoms. The van der Waals surface area contributed by atoms with Crippen molar-refractivity contribution in [1.29, 1.82) is 0 Å². The third-order valence-electron chi connectivity index (χ3n) is 2.55. The molecule has 0 saturated carbocycles. The number of carbonyl (C=O) groups excluding carboxylic acids is 1. The van der Waals surface area contributed by atoms with Gasteiger partial charge in [0.05, 0.1) is 6.04 Å². The zero-order chi connectivity index (χ0) is 9.26. The summed E-state index contributed by atoms with van der Waals surface area (Å²) in [4.78, 5) is 13.7. The van der Waals surface area contributed by atoms with Crippen molar-refractivity contribution in [2.45, 2.75) is 18.5 Å². The fourth-order valence-corrected chi connectivity index (χ4v) is 2.69. The summed E-state index contributed by atoms with van der Waals surface area (Å²) in [5.41, 5.74) is 5.74. The molecule has 1 amide bonds. The fraction of sp³-hybridized carbons (Fsp3) is 0.875. The number of hydrogen-bond acceptors (Lipinski definition) is 4. The van der Waals surface area contributed by atoms with Gasteiger partial charge in [0.1, 0.15) is 0 Å². The van der Waals surface area contributed by atoms with Gasteiger partial charge in [0.15, 0.2) is 0 Å². The molecule has 0 aromatic heterocycles. The van der Waals surface area contributed by atoms with Crippen LogP contribution in [0.5, 0.6) is 0 Å². The predicted molar refractivity (Wildman–Crippen MR) is 53.4 cm³/mol. The highest BCUT2D eigenvalue weighted by Crippen LogP contribution is 2.15. The summed E-state index contributed by atoms with van der Waals surface area (Å²) < 4.78 is 0. The van der Waals surface area contributed by atoms with E-state index in [9.17, 15) is 4.79 Å². The van der Waals surface area contributed by atoms with Crippen molar-refractivity contribution in [1.82, 2.24) is 10.2 Å². The number of hydrogen-bond donors (Lipinski definition) is 2. The molecule has 3 N–H and O–H groups in total. The first kappa shape index (κ1) is 9.30. The van der Waals surface area contributed by atoms with E-state index in [-0.39, 0.29) is 18.0 Å². The third kappa shape index (κ3) is 1.98. The second-order valence-electron chi connectivity index (χ2n) is 3.60. The average molecular weight is 201 g/mol. The summed E-state index contributed by atoms with van der Waals surface area (Å²) in [7, 11) is 0. The second kappa shape index (κ2) is 3.86. The Bertz CT molecular complexity index is 206. The van der Waals surface area contributed by atoms with E-state index in [1.54, 1.807) is 11.8 Å². The quantitative estimate of drug-likeness (QED) is 0.583. The van der Waals surface area contributed by atoms with Crippen LogP contribution < -0.4 is 11.1 Å². The van der Waals surface area contributed by atoms with Crippen molar-refractivity contribution < 1.29 is 4.79 Å². The lowest BCUT2D eigenvalue weighted by atomic mass is 10.3. The van der Waals surface area contributed by atoms with Crippen LogP contribution in [0.25, 0.3) is 0 Å². The second-order valence-corrected chi connectivity index (χ2v) is 4.64. The van der Waals surface area contributed by atoms with Gasteiger partial charge in [-0.25, -0.2) is 0 Å². The van der Waals surface area contributed by atoms with Crippen LogP contribution >= 0.6 is 11.8 Å². The molecule has 74 valence electrons. The van der Waals surface area contributed by atoms with Crippen molar-refractivity contribution in [2.75, 3.05) is 24.7 Å². The average Bonchev–Trinajstić information content (AvgIpc) is 2.72. The molecule has 0 radical (unpaired) electrons. The molecule has 2 aliphatic rings. The Morgan fingerprint density at radius 3 is 3.00 bits per heavy atom. The molecule has 2 atom stereocenters.